The summed E-state index contributed by atoms with van der Waals surface area (Å²) in [6.07, 6.45) is 0. The molecule has 30 heavy (non-hydrogen) atoms. The van der Waals surface area contributed by atoms with E-state index in [0.29, 0.717) is 10.6 Å². The van der Waals surface area contributed by atoms with Gasteiger partial charge in [0.25, 0.3) is 10.0 Å². The summed E-state index contributed by atoms with van der Waals surface area (Å²) < 4.78 is 54.8. The number of aromatic hydroxyl groups is 1. The Hall–Kier alpha value is -2.55. The fourth-order valence-corrected chi connectivity index (χ4v) is 5.91. The number of nitrogens with one attached hydrogen (secondary N) is 1. The Morgan fingerprint density at radius 1 is 0.833 bits per heavy atom. The predicted molar refractivity (Wildman–Crippen MR) is 116 cm³/mol. The number of phenols is 1. The van der Waals surface area contributed by atoms with Crippen molar-refractivity contribution in [2.45, 2.75) is 35.5 Å². The number of anilines is 1. The van der Waals surface area contributed by atoms with Gasteiger partial charge in [-0.15, -0.1) is 0 Å². The van der Waals surface area contributed by atoms with E-state index in [1.54, 1.807) is 19.1 Å². The minimum absolute atomic E-state index is 0.00797. The second-order valence-corrected chi connectivity index (χ2v) is 10.9. The Morgan fingerprint density at radius 3 is 1.93 bits per heavy atom. The highest BCUT2D eigenvalue weighted by molar-refractivity contribution is 7.93. The van der Waals surface area contributed by atoms with Crippen LogP contribution in [-0.2, 0) is 19.9 Å². The summed E-state index contributed by atoms with van der Waals surface area (Å²) in [6, 6.07) is 13.0. The lowest BCUT2D eigenvalue weighted by molar-refractivity contribution is 0.464. The monoisotopic (exact) mass is 465 g/mol. The van der Waals surface area contributed by atoms with Gasteiger partial charge in [0.05, 0.1) is 15.5 Å². The molecule has 0 aromatic heterocycles. The Morgan fingerprint density at radius 2 is 1.37 bits per heavy atom. The Labute approximate surface area is 181 Å². The van der Waals surface area contributed by atoms with E-state index in [9.17, 15) is 21.9 Å². The lowest BCUT2D eigenvalue weighted by Gasteiger charge is -2.18. The molecular formula is C21H20ClNO5S2. The van der Waals surface area contributed by atoms with Crippen LogP contribution in [0.2, 0.25) is 5.02 Å². The molecule has 3 aromatic rings. The van der Waals surface area contributed by atoms with Crippen LogP contribution in [-0.4, -0.2) is 21.9 Å². The minimum Gasteiger partial charge on any atom is -0.507 e. The van der Waals surface area contributed by atoms with E-state index in [0.717, 1.165) is 5.56 Å². The van der Waals surface area contributed by atoms with E-state index < -0.39 is 19.9 Å². The molecule has 158 valence electrons. The maximum Gasteiger partial charge on any atom is 0.261 e. The number of hydrogen-bond acceptors (Lipinski definition) is 5. The van der Waals surface area contributed by atoms with Gasteiger partial charge in [-0.05, 0) is 68.8 Å². The third kappa shape index (κ3) is 4.16. The number of rotatable bonds is 5. The highest BCUT2D eigenvalue weighted by Crippen LogP contribution is 2.38. The lowest BCUT2D eigenvalue weighted by atomic mass is 10.1. The third-order valence-electron chi connectivity index (χ3n) is 4.64. The van der Waals surface area contributed by atoms with Gasteiger partial charge >= 0.3 is 0 Å². The number of hydrogen-bond donors (Lipinski definition) is 2. The SMILES string of the molecule is Cc1ccc(S(=O)(=O)c2c(NS(=O)(=O)c3ccc(Cl)cc3)cc(C)c(O)c2C)cc1. The van der Waals surface area contributed by atoms with Crippen molar-refractivity contribution in [2.24, 2.45) is 0 Å². The fourth-order valence-electron chi connectivity index (χ4n) is 3.03. The first-order chi connectivity index (χ1) is 13.9. The number of benzene rings is 3. The van der Waals surface area contributed by atoms with Crippen molar-refractivity contribution in [2.75, 3.05) is 4.72 Å². The van der Waals surface area contributed by atoms with Crippen molar-refractivity contribution in [3.63, 3.8) is 0 Å². The molecular weight excluding hydrogens is 446 g/mol. The molecule has 9 heteroatoms. The molecule has 0 atom stereocenters. The van der Waals surface area contributed by atoms with Crippen molar-refractivity contribution >= 4 is 37.1 Å². The van der Waals surface area contributed by atoms with E-state index in [1.807, 2.05) is 6.92 Å². The van der Waals surface area contributed by atoms with Crippen LogP contribution in [0.4, 0.5) is 5.69 Å². The van der Waals surface area contributed by atoms with Crippen molar-refractivity contribution < 1.29 is 21.9 Å². The minimum atomic E-state index is -4.13. The standard InChI is InChI=1S/C21H20ClNO5S2/c1-13-4-8-17(9-5-13)29(25,26)21-15(3)20(24)14(2)12-19(21)23-30(27,28)18-10-6-16(22)7-11-18/h4-12,23-24H,1-3H3. The predicted octanol–water partition coefficient (Wildman–Crippen LogP) is 4.60. The Balaban J connectivity index is 2.21. The highest BCUT2D eigenvalue weighted by atomic mass is 35.5. The van der Waals surface area contributed by atoms with Gasteiger partial charge in [-0.1, -0.05) is 29.3 Å². The molecule has 0 saturated heterocycles. The molecule has 0 spiro atoms. The summed E-state index contributed by atoms with van der Waals surface area (Å²) in [5, 5.41) is 10.7. The summed E-state index contributed by atoms with van der Waals surface area (Å²) in [4.78, 5) is -0.382. The number of phenolic OH excluding ortho intramolecular Hbond substituents is 1. The first-order valence-electron chi connectivity index (χ1n) is 8.87. The van der Waals surface area contributed by atoms with Crippen LogP contribution in [0.1, 0.15) is 16.7 Å². The van der Waals surface area contributed by atoms with E-state index >= 15 is 0 Å². The zero-order valence-electron chi connectivity index (χ0n) is 16.5. The van der Waals surface area contributed by atoms with Gasteiger partial charge in [-0.25, -0.2) is 16.8 Å². The molecule has 3 rings (SSSR count). The molecule has 0 heterocycles. The van der Waals surface area contributed by atoms with Crippen molar-refractivity contribution in [1.29, 1.82) is 0 Å². The second kappa shape index (κ2) is 7.94. The molecule has 2 N–H and O–H groups in total. The average Bonchev–Trinajstić information content (AvgIpc) is 2.66. The summed E-state index contributed by atoms with van der Waals surface area (Å²) in [7, 11) is -8.23. The van der Waals surface area contributed by atoms with Gasteiger partial charge in [-0.3, -0.25) is 4.72 Å². The molecule has 0 aliphatic rings. The number of halogens is 1. The van der Waals surface area contributed by atoms with Crippen LogP contribution >= 0.6 is 11.6 Å². The van der Waals surface area contributed by atoms with Gasteiger partial charge in [0.2, 0.25) is 9.84 Å². The van der Waals surface area contributed by atoms with Gasteiger partial charge in [-0.2, -0.15) is 0 Å². The van der Waals surface area contributed by atoms with Crippen LogP contribution in [0, 0.1) is 20.8 Å². The van der Waals surface area contributed by atoms with Crippen molar-refractivity contribution in [1.82, 2.24) is 0 Å². The topological polar surface area (TPSA) is 101 Å². The number of aryl methyl sites for hydroxylation is 2. The highest BCUT2D eigenvalue weighted by Gasteiger charge is 2.29. The Bertz CT molecular complexity index is 1320. The smallest absolute Gasteiger partial charge is 0.261 e. The summed E-state index contributed by atoms with van der Waals surface area (Å²) >= 11 is 5.82. The largest absolute Gasteiger partial charge is 0.507 e. The van der Waals surface area contributed by atoms with E-state index in [1.165, 1.54) is 49.4 Å². The number of sulfone groups is 1. The molecule has 0 amide bonds. The molecule has 0 aliphatic heterocycles. The lowest BCUT2D eigenvalue weighted by Crippen LogP contribution is -2.17. The van der Waals surface area contributed by atoms with E-state index in [4.69, 9.17) is 11.6 Å². The van der Waals surface area contributed by atoms with Crippen molar-refractivity contribution in [3.05, 3.63) is 76.3 Å². The first-order valence-corrected chi connectivity index (χ1v) is 12.2. The molecule has 0 radical (unpaired) electrons. The quantitative estimate of drug-likeness (QED) is 0.536. The van der Waals surface area contributed by atoms with Gasteiger partial charge < -0.3 is 5.11 Å². The summed E-state index contributed by atoms with van der Waals surface area (Å²) in [5.74, 6) is -0.213. The molecule has 0 saturated carbocycles. The molecule has 6 nitrogen and oxygen atoms in total. The van der Waals surface area contributed by atoms with Crippen LogP contribution in [0.5, 0.6) is 5.75 Å². The van der Waals surface area contributed by atoms with Crippen LogP contribution in [0.15, 0.2) is 69.3 Å². The number of sulfonamides is 1. The van der Waals surface area contributed by atoms with Crippen LogP contribution in [0.3, 0.4) is 0 Å². The Kier molecular flexibility index (Phi) is 5.86. The zero-order valence-corrected chi connectivity index (χ0v) is 18.9. The molecule has 0 fully saturated rings. The van der Waals surface area contributed by atoms with Crippen LogP contribution < -0.4 is 4.72 Å². The van der Waals surface area contributed by atoms with E-state index in [-0.39, 0.29) is 31.7 Å². The third-order valence-corrected chi connectivity index (χ3v) is 8.23. The second-order valence-electron chi connectivity index (χ2n) is 6.92. The normalized spacial score (nSPS) is 12.0. The van der Waals surface area contributed by atoms with E-state index in [2.05, 4.69) is 4.72 Å². The molecule has 0 aliphatic carbocycles. The summed E-state index contributed by atoms with van der Waals surface area (Å²) in [6.45, 7) is 4.82. The van der Waals surface area contributed by atoms with Gasteiger partial charge in [0.15, 0.2) is 0 Å². The molecule has 0 unspecified atom stereocenters. The average molecular weight is 466 g/mol. The van der Waals surface area contributed by atoms with Crippen molar-refractivity contribution in [3.8, 4) is 5.75 Å². The van der Waals surface area contributed by atoms with Gasteiger partial charge in [0.1, 0.15) is 10.6 Å². The fraction of sp³-hybridized carbons (Fsp3) is 0.143. The summed E-state index contributed by atoms with van der Waals surface area (Å²) in [5.41, 5.74) is 1.13. The maximum atomic E-state index is 13.4. The zero-order chi connectivity index (χ0) is 22.3. The van der Waals surface area contributed by atoms with Crippen LogP contribution in [0.25, 0.3) is 0 Å². The molecule has 3 aromatic carbocycles. The van der Waals surface area contributed by atoms with Gasteiger partial charge in [0, 0.05) is 10.6 Å². The first kappa shape index (κ1) is 22.1. The molecule has 0 bridgehead atoms. The maximum absolute atomic E-state index is 13.4.